The number of benzene rings is 1. The number of para-hydroxylation sites is 1. The fraction of sp³-hybridized carbons (Fsp3) is 0.350. The molecular weight excluding hydrogens is 394 g/mol. The lowest BCUT2D eigenvalue weighted by Crippen LogP contribution is -2.34. The Morgan fingerprint density at radius 1 is 1.21 bits per heavy atom. The minimum Gasteiger partial charge on any atom is -0.496 e. The van der Waals surface area contributed by atoms with Gasteiger partial charge in [-0.2, -0.15) is 0 Å². The molecule has 0 saturated carbocycles. The van der Waals surface area contributed by atoms with E-state index in [-0.39, 0.29) is 0 Å². The zero-order valence-corrected chi connectivity index (χ0v) is 17.4. The lowest BCUT2D eigenvalue weighted by molar-refractivity contribution is 0.416. The van der Waals surface area contributed by atoms with E-state index in [4.69, 9.17) is 21.3 Å². The summed E-state index contributed by atoms with van der Waals surface area (Å²) in [4.78, 5) is 15.7. The van der Waals surface area contributed by atoms with Crippen LogP contribution in [0, 0.1) is 0 Å². The quantitative estimate of drug-likeness (QED) is 0.610. The second-order valence-corrected chi connectivity index (χ2v) is 7.89. The standard InChI is InChI=1S/C20H22ClN5OS/c1-22-17-18(21)23-12-24-19(17)26-9-7-13(8-10-26)20-25-15(11-28-20)14-5-3-4-6-16(14)27-2/h3-6,11-13,22H,7-10H2,1-2H3. The van der Waals surface area contributed by atoms with Crippen LogP contribution in [0.15, 0.2) is 36.0 Å². The Kier molecular flexibility index (Phi) is 5.64. The summed E-state index contributed by atoms with van der Waals surface area (Å²) in [5.41, 5.74) is 2.81. The van der Waals surface area contributed by atoms with Crippen LogP contribution in [0.5, 0.6) is 5.75 Å². The first-order valence-corrected chi connectivity index (χ1v) is 10.5. The summed E-state index contributed by atoms with van der Waals surface area (Å²) in [5, 5.41) is 6.89. The summed E-state index contributed by atoms with van der Waals surface area (Å²) in [6.45, 7) is 1.83. The van der Waals surface area contributed by atoms with Crippen molar-refractivity contribution in [2.75, 3.05) is 37.5 Å². The number of methoxy groups -OCH3 is 1. The van der Waals surface area contributed by atoms with Gasteiger partial charge in [-0.05, 0) is 25.0 Å². The summed E-state index contributed by atoms with van der Waals surface area (Å²) < 4.78 is 5.48. The van der Waals surface area contributed by atoms with Gasteiger partial charge in [0.05, 0.1) is 17.8 Å². The number of piperidine rings is 1. The van der Waals surface area contributed by atoms with E-state index in [1.54, 1.807) is 18.4 Å². The van der Waals surface area contributed by atoms with Gasteiger partial charge in [0.25, 0.3) is 0 Å². The highest BCUT2D eigenvalue weighted by Crippen LogP contribution is 2.37. The van der Waals surface area contributed by atoms with E-state index in [1.165, 1.54) is 11.3 Å². The average Bonchev–Trinajstić information content (AvgIpc) is 3.23. The number of anilines is 2. The van der Waals surface area contributed by atoms with Gasteiger partial charge in [-0.3, -0.25) is 0 Å². The molecule has 3 heterocycles. The fourth-order valence-corrected chi connectivity index (χ4v) is 4.82. The maximum atomic E-state index is 6.20. The van der Waals surface area contributed by atoms with Gasteiger partial charge < -0.3 is 15.0 Å². The minimum atomic E-state index is 0.455. The predicted molar refractivity (Wildman–Crippen MR) is 115 cm³/mol. The summed E-state index contributed by atoms with van der Waals surface area (Å²) in [7, 11) is 3.54. The topological polar surface area (TPSA) is 63.2 Å². The second-order valence-electron chi connectivity index (χ2n) is 6.65. The van der Waals surface area contributed by atoms with Crippen LogP contribution < -0.4 is 15.0 Å². The van der Waals surface area contributed by atoms with Crippen LogP contribution in [-0.2, 0) is 0 Å². The van der Waals surface area contributed by atoms with E-state index in [0.717, 1.165) is 54.4 Å². The molecule has 1 N–H and O–H groups in total. The minimum absolute atomic E-state index is 0.455. The van der Waals surface area contributed by atoms with E-state index in [0.29, 0.717) is 11.1 Å². The van der Waals surface area contributed by atoms with E-state index in [2.05, 4.69) is 31.6 Å². The van der Waals surface area contributed by atoms with E-state index in [1.807, 2.05) is 25.2 Å². The van der Waals surface area contributed by atoms with Gasteiger partial charge in [-0.25, -0.2) is 15.0 Å². The molecule has 6 nitrogen and oxygen atoms in total. The number of nitrogens with one attached hydrogen (secondary N) is 1. The van der Waals surface area contributed by atoms with Crippen molar-refractivity contribution in [2.45, 2.75) is 18.8 Å². The smallest absolute Gasteiger partial charge is 0.157 e. The van der Waals surface area contributed by atoms with Crippen LogP contribution in [-0.4, -0.2) is 42.2 Å². The molecule has 0 unspecified atom stereocenters. The van der Waals surface area contributed by atoms with Crippen LogP contribution >= 0.6 is 22.9 Å². The van der Waals surface area contributed by atoms with Gasteiger partial charge in [0.1, 0.15) is 17.8 Å². The summed E-state index contributed by atoms with van der Waals surface area (Å²) in [5.74, 6) is 2.18. The molecular formula is C20H22ClN5OS. The normalized spacial score (nSPS) is 14.9. The highest BCUT2D eigenvalue weighted by atomic mass is 35.5. The highest BCUT2D eigenvalue weighted by Gasteiger charge is 2.26. The Balaban J connectivity index is 1.48. The fourth-order valence-electron chi connectivity index (χ4n) is 3.60. The lowest BCUT2D eigenvalue weighted by atomic mass is 9.97. The molecule has 1 fully saturated rings. The number of hydrogen-bond donors (Lipinski definition) is 1. The van der Waals surface area contributed by atoms with Crippen molar-refractivity contribution in [3.05, 3.63) is 46.1 Å². The molecule has 1 aromatic carbocycles. The Bertz CT molecular complexity index is 955. The van der Waals surface area contributed by atoms with Crippen molar-refractivity contribution in [3.8, 4) is 17.0 Å². The first-order chi connectivity index (χ1) is 13.7. The molecule has 1 aliphatic rings. The van der Waals surface area contributed by atoms with Gasteiger partial charge in [-0.1, -0.05) is 23.7 Å². The third-order valence-electron chi connectivity index (χ3n) is 5.08. The first-order valence-electron chi connectivity index (χ1n) is 9.23. The van der Waals surface area contributed by atoms with Gasteiger partial charge in [0.2, 0.25) is 0 Å². The molecule has 8 heteroatoms. The number of thiazole rings is 1. The average molecular weight is 416 g/mol. The highest BCUT2D eigenvalue weighted by molar-refractivity contribution is 7.10. The zero-order chi connectivity index (χ0) is 19.5. The molecule has 1 saturated heterocycles. The van der Waals surface area contributed by atoms with Crippen molar-refractivity contribution in [1.29, 1.82) is 0 Å². The number of aromatic nitrogens is 3. The molecule has 0 aliphatic carbocycles. The molecule has 0 amide bonds. The Labute approximate surface area is 173 Å². The summed E-state index contributed by atoms with van der Waals surface area (Å²) >= 11 is 7.93. The van der Waals surface area contributed by atoms with Crippen LogP contribution in [0.4, 0.5) is 11.5 Å². The van der Waals surface area contributed by atoms with Crippen molar-refractivity contribution in [2.24, 2.45) is 0 Å². The summed E-state index contributed by atoms with van der Waals surface area (Å²) in [6.07, 6.45) is 3.58. The second kappa shape index (κ2) is 8.32. The molecule has 3 aromatic rings. The van der Waals surface area contributed by atoms with Gasteiger partial charge in [0, 0.05) is 37.0 Å². The monoisotopic (exact) mass is 415 g/mol. The van der Waals surface area contributed by atoms with Crippen molar-refractivity contribution >= 4 is 34.4 Å². The Morgan fingerprint density at radius 2 is 2.00 bits per heavy atom. The van der Waals surface area contributed by atoms with E-state index < -0.39 is 0 Å². The molecule has 0 radical (unpaired) electrons. The van der Waals surface area contributed by atoms with Gasteiger partial charge in [-0.15, -0.1) is 11.3 Å². The van der Waals surface area contributed by atoms with E-state index in [9.17, 15) is 0 Å². The number of halogens is 1. The first kappa shape index (κ1) is 19.0. The zero-order valence-electron chi connectivity index (χ0n) is 15.9. The SMILES string of the molecule is CNc1c(Cl)ncnc1N1CCC(c2nc(-c3ccccc3OC)cs2)CC1. The van der Waals surface area contributed by atoms with Crippen molar-refractivity contribution in [3.63, 3.8) is 0 Å². The Morgan fingerprint density at radius 3 is 2.75 bits per heavy atom. The van der Waals surface area contributed by atoms with Gasteiger partial charge >= 0.3 is 0 Å². The maximum absolute atomic E-state index is 6.20. The molecule has 1 aliphatic heterocycles. The molecule has 2 aromatic heterocycles. The largest absolute Gasteiger partial charge is 0.496 e. The van der Waals surface area contributed by atoms with Crippen LogP contribution in [0.1, 0.15) is 23.8 Å². The molecule has 0 bridgehead atoms. The molecule has 4 rings (SSSR count). The van der Waals surface area contributed by atoms with Crippen molar-refractivity contribution < 1.29 is 4.74 Å². The van der Waals surface area contributed by atoms with Gasteiger partial charge in [0.15, 0.2) is 11.0 Å². The number of hydrogen-bond acceptors (Lipinski definition) is 7. The maximum Gasteiger partial charge on any atom is 0.157 e. The van der Waals surface area contributed by atoms with Crippen LogP contribution in [0.25, 0.3) is 11.3 Å². The molecule has 0 spiro atoms. The van der Waals surface area contributed by atoms with Crippen LogP contribution in [0.2, 0.25) is 5.15 Å². The molecule has 28 heavy (non-hydrogen) atoms. The number of rotatable bonds is 5. The predicted octanol–water partition coefficient (Wildman–Crippen LogP) is 4.69. The Hall–Kier alpha value is -2.38. The van der Waals surface area contributed by atoms with Crippen molar-refractivity contribution in [1.82, 2.24) is 15.0 Å². The summed E-state index contributed by atoms with van der Waals surface area (Å²) in [6, 6.07) is 8.02. The van der Waals surface area contributed by atoms with Crippen LogP contribution in [0.3, 0.4) is 0 Å². The molecule has 0 atom stereocenters. The number of nitrogens with zero attached hydrogens (tertiary/aromatic N) is 4. The van der Waals surface area contributed by atoms with E-state index >= 15 is 0 Å². The third-order valence-corrected chi connectivity index (χ3v) is 6.37. The molecule has 146 valence electrons. The third kappa shape index (κ3) is 3.64. The number of ether oxygens (including phenoxy) is 1. The lowest BCUT2D eigenvalue weighted by Gasteiger charge is -2.33.